The molecule has 0 radical (unpaired) electrons. The number of hydrogen-bond donors (Lipinski definition) is 0. The molecule has 0 spiro atoms. The predicted molar refractivity (Wildman–Crippen MR) is 84.9 cm³/mol. The summed E-state index contributed by atoms with van der Waals surface area (Å²) < 4.78 is 61.1. The molecule has 148 valence electrons. The van der Waals surface area contributed by atoms with Crippen LogP contribution in [-0.2, 0) is 18.9 Å². The Bertz CT molecular complexity index is 846. The third-order valence-corrected chi connectivity index (χ3v) is 4.54. The highest BCUT2D eigenvalue weighted by atomic mass is 35.5. The molecule has 0 aromatic carbocycles. The van der Waals surface area contributed by atoms with Gasteiger partial charge in [0.25, 0.3) is 0 Å². The zero-order chi connectivity index (χ0) is 19.4. The quantitative estimate of drug-likeness (QED) is 0.719. The van der Waals surface area contributed by atoms with Crippen molar-refractivity contribution in [2.24, 2.45) is 0 Å². The summed E-state index contributed by atoms with van der Waals surface area (Å²) in [6.07, 6.45) is -4.31. The van der Waals surface area contributed by atoms with Gasteiger partial charge in [-0.2, -0.15) is 13.2 Å². The number of imidazole rings is 1. The number of rotatable bonds is 4. The van der Waals surface area contributed by atoms with Crippen molar-refractivity contribution in [1.82, 2.24) is 19.5 Å². The highest BCUT2D eigenvalue weighted by Gasteiger charge is 2.56. The van der Waals surface area contributed by atoms with Crippen LogP contribution in [0.5, 0.6) is 0 Å². The summed E-state index contributed by atoms with van der Waals surface area (Å²) in [6, 6.07) is 0. The van der Waals surface area contributed by atoms with Crippen molar-refractivity contribution in [3.8, 4) is 0 Å². The SMILES string of the molecule is CC1(C)O[C@@H]2C(COCC(F)(F)F)OC(n3cnc4c(Cl)ncnc43)[C@@H]2O1. The second kappa shape index (κ2) is 6.52. The van der Waals surface area contributed by atoms with E-state index in [0.29, 0.717) is 11.2 Å². The molecular weight excluding hydrogens is 393 g/mol. The van der Waals surface area contributed by atoms with Crippen LogP contribution in [0.3, 0.4) is 0 Å². The fraction of sp³-hybridized carbons (Fsp3) is 0.667. The lowest BCUT2D eigenvalue weighted by Gasteiger charge is -2.24. The minimum absolute atomic E-state index is 0.183. The Hall–Kier alpha value is -1.53. The van der Waals surface area contributed by atoms with Crippen LogP contribution in [0.1, 0.15) is 20.1 Å². The second-order valence-corrected chi connectivity index (χ2v) is 7.11. The molecule has 4 heterocycles. The van der Waals surface area contributed by atoms with Gasteiger partial charge in [0, 0.05) is 0 Å². The molecule has 8 nitrogen and oxygen atoms in total. The van der Waals surface area contributed by atoms with Crippen molar-refractivity contribution < 1.29 is 32.1 Å². The van der Waals surface area contributed by atoms with Gasteiger partial charge in [-0.1, -0.05) is 11.6 Å². The van der Waals surface area contributed by atoms with Crippen LogP contribution in [0.25, 0.3) is 11.2 Å². The molecular formula is C15H16ClF3N4O4. The summed E-state index contributed by atoms with van der Waals surface area (Å²) in [7, 11) is 0. The summed E-state index contributed by atoms with van der Waals surface area (Å²) in [6.45, 7) is 1.79. The topological polar surface area (TPSA) is 80.5 Å². The molecule has 12 heteroatoms. The van der Waals surface area contributed by atoms with Gasteiger partial charge in [-0.15, -0.1) is 0 Å². The van der Waals surface area contributed by atoms with Crippen molar-refractivity contribution in [3.63, 3.8) is 0 Å². The summed E-state index contributed by atoms with van der Waals surface area (Å²) in [5.74, 6) is -0.914. The van der Waals surface area contributed by atoms with Gasteiger partial charge >= 0.3 is 6.18 Å². The summed E-state index contributed by atoms with van der Waals surface area (Å²) >= 11 is 6.02. The zero-order valence-electron chi connectivity index (χ0n) is 14.3. The van der Waals surface area contributed by atoms with E-state index in [1.54, 1.807) is 18.4 Å². The largest absolute Gasteiger partial charge is 0.411 e. The molecule has 0 aliphatic carbocycles. The van der Waals surface area contributed by atoms with Gasteiger partial charge < -0.3 is 18.9 Å². The number of hydrogen-bond acceptors (Lipinski definition) is 7. The van der Waals surface area contributed by atoms with Crippen LogP contribution in [0, 0.1) is 0 Å². The van der Waals surface area contributed by atoms with Gasteiger partial charge in [-0.25, -0.2) is 15.0 Å². The number of fused-ring (bicyclic) bond motifs is 2. The molecule has 2 fully saturated rings. The fourth-order valence-electron chi connectivity index (χ4n) is 3.32. The molecule has 27 heavy (non-hydrogen) atoms. The lowest BCUT2D eigenvalue weighted by Crippen LogP contribution is -2.34. The highest BCUT2D eigenvalue weighted by molar-refractivity contribution is 6.33. The summed E-state index contributed by atoms with van der Waals surface area (Å²) in [4.78, 5) is 12.2. The van der Waals surface area contributed by atoms with Gasteiger partial charge in [-0.3, -0.25) is 4.57 Å². The first-order valence-corrected chi connectivity index (χ1v) is 8.51. The predicted octanol–water partition coefficient (Wildman–Crippen LogP) is 2.48. The minimum Gasteiger partial charge on any atom is -0.369 e. The molecule has 2 aliphatic rings. The maximum Gasteiger partial charge on any atom is 0.411 e. The van der Waals surface area contributed by atoms with E-state index in [-0.39, 0.29) is 11.8 Å². The Morgan fingerprint density at radius 3 is 2.70 bits per heavy atom. The van der Waals surface area contributed by atoms with Gasteiger partial charge in [0.15, 0.2) is 22.8 Å². The maximum atomic E-state index is 12.4. The van der Waals surface area contributed by atoms with E-state index in [4.69, 9.17) is 30.5 Å². The molecule has 0 saturated carbocycles. The second-order valence-electron chi connectivity index (χ2n) is 6.75. The first-order valence-electron chi connectivity index (χ1n) is 8.13. The Morgan fingerprint density at radius 1 is 1.22 bits per heavy atom. The van der Waals surface area contributed by atoms with E-state index in [0.717, 1.165) is 0 Å². The lowest BCUT2D eigenvalue weighted by molar-refractivity contribution is -0.212. The maximum absolute atomic E-state index is 12.4. The van der Waals surface area contributed by atoms with E-state index in [2.05, 4.69) is 15.0 Å². The molecule has 0 amide bonds. The van der Waals surface area contributed by atoms with Crippen LogP contribution in [0.2, 0.25) is 5.15 Å². The third kappa shape index (κ3) is 3.61. The Morgan fingerprint density at radius 2 is 1.96 bits per heavy atom. The number of ether oxygens (including phenoxy) is 4. The number of alkyl halides is 3. The Kier molecular flexibility index (Phi) is 4.54. The standard InChI is InChI=1S/C15H16ClF3N4O4/c1-14(2)26-9-7(3-24-4-15(17,18)19)25-13(10(9)27-14)23-6-22-8-11(16)20-5-21-12(8)23/h5-7,9-10,13H,3-4H2,1-2H3/t7?,9-,10-,13?/m1/s1. The normalized spacial score (nSPS) is 30.1. The van der Waals surface area contributed by atoms with Gasteiger partial charge in [0.2, 0.25) is 0 Å². The molecule has 2 aromatic heterocycles. The van der Waals surface area contributed by atoms with Crippen molar-refractivity contribution in [3.05, 3.63) is 17.8 Å². The van der Waals surface area contributed by atoms with Gasteiger partial charge in [-0.05, 0) is 13.8 Å². The number of halogens is 4. The molecule has 0 N–H and O–H groups in total. The highest BCUT2D eigenvalue weighted by Crippen LogP contribution is 2.44. The third-order valence-electron chi connectivity index (χ3n) is 4.26. The van der Waals surface area contributed by atoms with Crippen LogP contribution in [-0.4, -0.2) is 63.0 Å². The van der Waals surface area contributed by atoms with Crippen LogP contribution in [0.4, 0.5) is 13.2 Å². The number of nitrogens with zero attached hydrogens (tertiary/aromatic N) is 4. The molecule has 4 atom stereocenters. The Balaban J connectivity index is 1.60. The first-order chi connectivity index (χ1) is 12.6. The van der Waals surface area contributed by atoms with Crippen LogP contribution >= 0.6 is 11.6 Å². The summed E-state index contributed by atoms with van der Waals surface area (Å²) in [5.41, 5.74) is 0.804. The Labute approximate surface area is 156 Å². The average Bonchev–Trinajstić information content (AvgIpc) is 3.19. The van der Waals surface area contributed by atoms with Gasteiger partial charge in [0.05, 0.1) is 12.9 Å². The van der Waals surface area contributed by atoms with Gasteiger partial charge in [0.1, 0.15) is 36.8 Å². The average molecular weight is 409 g/mol. The lowest BCUT2D eigenvalue weighted by atomic mass is 10.1. The van der Waals surface area contributed by atoms with E-state index in [9.17, 15) is 13.2 Å². The fourth-order valence-corrected chi connectivity index (χ4v) is 3.49. The van der Waals surface area contributed by atoms with Crippen molar-refractivity contribution in [2.75, 3.05) is 13.2 Å². The van der Waals surface area contributed by atoms with Crippen LogP contribution < -0.4 is 0 Å². The van der Waals surface area contributed by atoms with Crippen LogP contribution in [0.15, 0.2) is 12.7 Å². The summed E-state index contributed by atoms with van der Waals surface area (Å²) in [5, 5.41) is 0.183. The van der Waals surface area contributed by atoms with E-state index in [1.165, 1.54) is 12.7 Å². The van der Waals surface area contributed by atoms with Crippen molar-refractivity contribution in [1.29, 1.82) is 0 Å². The minimum atomic E-state index is -4.42. The van der Waals surface area contributed by atoms with Crippen molar-refractivity contribution in [2.45, 2.75) is 50.4 Å². The molecule has 2 saturated heterocycles. The molecule has 2 aliphatic heterocycles. The first kappa shape index (κ1) is 18.8. The molecule has 2 aromatic rings. The molecule has 2 unspecified atom stereocenters. The van der Waals surface area contributed by atoms with E-state index < -0.39 is 43.1 Å². The van der Waals surface area contributed by atoms with E-state index in [1.807, 2.05) is 0 Å². The molecule has 4 rings (SSSR count). The number of aromatic nitrogens is 4. The zero-order valence-corrected chi connectivity index (χ0v) is 15.1. The molecule has 0 bridgehead atoms. The monoisotopic (exact) mass is 408 g/mol. The van der Waals surface area contributed by atoms with E-state index >= 15 is 0 Å². The smallest absolute Gasteiger partial charge is 0.369 e. The van der Waals surface area contributed by atoms with Crippen molar-refractivity contribution >= 4 is 22.8 Å².